The number of nitrogens with zero attached hydrogens (tertiary/aromatic N) is 4. The smallest absolute Gasteiger partial charge is 0.340 e. The Bertz CT molecular complexity index is 912. The first-order chi connectivity index (χ1) is 11.5. The molecule has 24 heavy (non-hydrogen) atoms. The Morgan fingerprint density at radius 3 is 2.67 bits per heavy atom. The number of aryl methyl sites for hydroxylation is 1. The summed E-state index contributed by atoms with van der Waals surface area (Å²) in [4.78, 5) is 11.5. The van der Waals surface area contributed by atoms with Gasteiger partial charge in [0.1, 0.15) is 11.3 Å². The van der Waals surface area contributed by atoms with Crippen LogP contribution in [-0.4, -0.2) is 31.3 Å². The van der Waals surface area contributed by atoms with Crippen LogP contribution < -0.4 is 0 Å². The molecule has 0 aliphatic heterocycles. The summed E-state index contributed by atoms with van der Waals surface area (Å²) < 4.78 is 16.0. The number of carboxylic acid groups (broad SMARTS) is 1. The van der Waals surface area contributed by atoms with Crippen molar-refractivity contribution in [2.45, 2.75) is 13.3 Å². The molecule has 2 aromatic carbocycles. The molecule has 0 bridgehead atoms. The second-order valence-electron chi connectivity index (χ2n) is 4.98. The van der Waals surface area contributed by atoms with Crippen LogP contribution in [-0.2, 0) is 6.42 Å². The maximum atomic E-state index is 14.8. The number of hydrogen-bond donors (Lipinski definition) is 1. The van der Waals surface area contributed by atoms with E-state index < -0.39 is 17.3 Å². The van der Waals surface area contributed by atoms with E-state index >= 15 is 0 Å². The van der Waals surface area contributed by atoms with Gasteiger partial charge in [-0.15, -0.1) is 5.10 Å². The second kappa shape index (κ2) is 6.37. The molecule has 0 amide bonds. The van der Waals surface area contributed by atoms with E-state index in [9.17, 15) is 14.3 Å². The van der Waals surface area contributed by atoms with Crippen LogP contribution in [0.5, 0.6) is 0 Å². The van der Waals surface area contributed by atoms with E-state index in [2.05, 4.69) is 15.5 Å². The van der Waals surface area contributed by atoms with Gasteiger partial charge in [-0.1, -0.05) is 48.9 Å². The fourth-order valence-corrected chi connectivity index (χ4v) is 2.73. The molecular formula is C16H12ClFN4O2. The first kappa shape index (κ1) is 16.1. The van der Waals surface area contributed by atoms with Gasteiger partial charge in [-0.05, 0) is 22.1 Å². The van der Waals surface area contributed by atoms with Crippen molar-refractivity contribution in [3.63, 3.8) is 0 Å². The SMILES string of the molecule is CCc1nnnn1-c1cc(-c2ccccc2)c(Cl)c(C(=O)O)c1F. The first-order valence-electron chi connectivity index (χ1n) is 7.13. The molecule has 0 unspecified atom stereocenters. The highest BCUT2D eigenvalue weighted by Crippen LogP contribution is 2.35. The van der Waals surface area contributed by atoms with Crippen molar-refractivity contribution in [3.8, 4) is 16.8 Å². The first-order valence-corrected chi connectivity index (χ1v) is 7.50. The molecule has 0 saturated carbocycles. The number of rotatable bonds is 4. The zero-order valence-corrected chi connectivity index (χ0v) is 13.3. The Hall–Kier alpha value is -2.80. The molecule has 0 aliphatic rings. The Morgan fingerprint density at radius 2 is 2.04 bits per heavy atom. The molecule has 0 saturated heterocycles. The van der Waals surface area contributed by atoms with E-state index in [1.165, 1.54) is 10.7 Å². The maximum Gasteiger partial charge on any atom is 0.340 e. The average molecular weight is 347 g/mol. The van der Waals surface area contributed by atoms with Gasteiger partial charge < -0.3 is 5.11 Å². The van der Waals surface area contributed by atoms with Crippen molar-refractivity contribution in [1.29, 1.82) is 0 Å². The number of aromatic nitrogens is 4. The standard InChI is InChI=1S/C16H12ClFN4O2/c1-2-12-19-20-21-22(12)11-8-10(9-6-4-3-5-7-9)14(17)13(15(11)18)16(23)24/h3-8H,2H2,1H3,(H,23,24). The summed E-state index contributed by atoms with van der Waals surface area (Å²) >= 11 is 6.17. The lowest BCUT2D eigenvalue weighted by Crippen LogP contribution is -2.11. The lowest BCUT2D eigenvalue weighted by Gasteiger charge is -2.13. The van der Waals surface area contributed by atoms with Gasteiger partial charge >= 0.3 is 5.97 Å². The van der Waals surface area contributed by atoms with Gasteiger partial charge in [-0.2, -0.15) is 4.68 Å². The molecule has 122 valence electrons. The van der Waals surface area contributed by atoms with Gasteiger partial charge in [-0.3, -0.25) is 0 Å². The van der Waals surface area contributed by atoms with Crippen LogP contribution in [0.3, 0.4) is 0 Å². The van der Waals surface area contributed by atoms with E-state index in [0.29, 0.717) is 23.4 Å². The molecule has 3 aromatic rings. The quantitative estimate of drug-likeness (QED) is 0.783. The van der Waals surface area contributed by atoms with Crippen molar-refractivity contribution in [2.24, 2.45) is 0 Å². The summed E-state index contributed by atoms with van der Waals surface area (Å²) in [7, 11) is 0. The molecule has 0 aliphatic carbocycles. The number of carbonyl (C=O) groups is 1. The second-order valence-corrected chi connectivity index (χ2v) is 5.36. The highest BCUT2D eigenvalue weighted by molar-refractivity contribution is 6.36. The minimum atomic E-state index is -1.46. The number of tetrazole rings is 1. The topological polar surface area (TPSA) is 80.9 Å². The summed E-state index contributed by atoms with van der Waals surface area (Å²) in [6, 6.07) is 10.3. The molecule has 0 atom stereocenters. The van der Waals surface area contributed by atoms with Gasteiger partial charge in [0.15, 0.2) is 11.6 Å². The van der Waals surface area contributed by atoms with Crippen LogP contribution in [0.1, 0.15) is 23.1 Å². The van der Waals surface area contributed by atoms with Gasteiger partial charge in [0.25, 0.3) is 0 Å². The molecule has 8 heteroatoms. The van der Waals surface area contributed by atoms with Crippen LogP contribution in [0.4, 0.5) is 4.39 Å². The predicted octanol–water partition coefficient (Wildman–Crippen LogP) is 3.38. The molecular weight excluding hydrogens is 335 g/mol. The van der Waals surface area contributed by atoms with E-state index in [4.69, 9.17) is 11.6 Å². The molecule has 0 fully saturated rings. The number of halogens is 2. The highest BCUT2D eigenvalue weighted by atomic mass is 35.5. The van der Waals surface area contributed by atoms with E-state index in [-0.39, 0.29) is 10.7 Å². The van der Waals surface area contributed by atoms with E-state index in [0.717, 1.165) is 0 Å². The van der Waals surface area contributed by atoms with Crippen LogP contribution in [0.15, 0.2) is 36.4 Å². The van der Waals surface area contributed by atoms with Gasteiger partial charge in [0.05, 0.1) is 5.02 Å². The zero-order chi connectivity index (χ0) is 17.3. The maximum absolute atomic E-state index is 14.8. The third-order valence-corrected chi connectivity index (χ3v) is 3.95. The lowest BCUT2D eigenvalue weighted by atomic mass is 10.0. The molecule has 0 spiro atoms. The van der Waals surface area contributed by atoms with Crippen molar-refractivity contribution in [2.75, 3.05) is 0 Å². The van der Waals surface area contributed by atoms with Crippen molar-refractivity contribution in [1.82, 2.24) is 20.2 Å². The lowest BCUT2D eigenvalue weighted by molar-refractivity contribution is 0.0692. The van der Waals surface area contributed by atoms with Crippen LogP contribution in [0.2, 0.25) is 5.02 Å². The van der Waals surface area contributed by atoms with Crippen LogP contribution in [0.25, 0.3) is 16.8 Å². The summed E-state index contributed by atoms with van der Waals surface area (Å²) in [5.41, 5.74) is 0.393. The summed E-state index contributed by atoms with van der Waals surface area (Å²) in [5, 5.41) is 20.3. The summed E-state index contributed by atoms with van der Waals surface area (Å²) in [6.07, 6.45) is 0.456. The van der Waals surface area contributed by atoms with Crippen molar-refractivity contribution < 1.29 is 14.3 Å². The molecule has 1 N–H and O–H groups in total. The molecule has 3 rings (SSSR count). The van der Waals surface area contributed by atoms with Crippen LogP contribution in [0, 0.1) is 5.82 Å². The monoisotopic (exact) mass is 346 g/mol. The third-order valence-electron chi connectivity index (χ3n) is 3.56. The minimum absolute atomic E-state index is 0.0579. The number of carboxylic acids is 1. The molecule has 0 radical (unpaired) electrons. The molecule has 1 aromatic heterocycles. The Labute approximate surface area is 141 Å². The number of aromatic carboxylic acids is 1. The normalized spacial score (nSPS) is 10.8. The fourth-order valence-electron chi connectivity index (χ4n) is 2.41. The Balaban J connectivity index is 2.35. The predicted molar refractivity (Wildman–Crippen MR) is 85.9 cm³/mol. The van der Waals surface area contributed by atoms with E-state index in [1.54, 1.807) is 24.3 Å². The summed E-state index contributed by atoms with van der Waals surface area (Å²) in [6.45, 7) is 1.81. The van der Waals surface area contributed by atoms with Crippen LogP contribution >= 0.6 is 11.6 Å². The average Bonchev–Trinajstić information content (AvgIpc) is 3.04. The zero-order valence-electron chi connectivity index (χ0n) is 12.6. The number of hydrogen-bond acceptors (Lipinski definition) is 4. The number of benzene rings is 2. The molecule has 6 nitrogen and oxygen atoms in total. The summed E-state index contributed by atoms with van der Waals surface area (Å²) in [5.74, 6) is -2.02. The van der Waals surface area contributed by atoms with E-state index in [1.807, 2.05) is 13.0 Å². The van der Waals surface area contributed by atoms with Gasteiger partial charge in [0.2, 0.25) is 0 Å². The third kappa shape index (κ3) is 2.63. The Kier molecular flexibility index (Phi) is 4.26. The Morgan fingerprint density at radius 1 is 1.33 bits per heavy atom. The van der Waals surface area contributed by atoms with Gasteiger partial charge in [0, 0.05) is 12.0 Å². The van der Waals surface area contributed by atoms with Crippen molar-refractivity contribution >= 4 is 17.6 Å². The minimum Gasteiger partial charge on any atom is -0.478 e. The highest BCUT2D eigenvalue weighted by Gasteiger charge is 2.25. The molecule has 1 heterocycles. The fraction of sp³-hybridized carbons (Fsp3) is 0.125. The largest absolute Gasteiger partial charge is 0.478 e. The van der Waals surface area contributed by atoms with Gasteiger partial charge in [-0.25, -0.2) is 9.18 Å². The van der Waals surface area contributed by atoms with Crippen molar-refractivity contribution in [3.05, 3.63) is 58.6 Å².